The lowest BCUT2D eigenvalue weighted by Gasteiger charge is -2.06. The average Bonchev–Trinajstić information content (AvgIpc) is 3.09. The lowest BCUT2D eigenvalue weighted by Crippen LogP contribution is -2.20. The van der Waals surface area contributed by atoms with Gasteiger partial charge in [-0.3, -0.25) is 9.89 Å². The number of aromatic nitrogens is 4. The van der Waals surface area contributed by atoms with Crippen LogP contribution in [0.3, 0.4) is 0 Å². The summed E-state index contributed by atoms with van der Waals surface area (Å²) in [5.74, 6) is 0.834. The second-order valence-corrected chi connectivity index (χ2v) is 5.45. The average molecular weight is 334 g/mol. The van der Waals surface area contributed by atoms with Crippen molar-refractivity contribution < 1.29 is 9.53 Å². The maximum Gasteiger partial charge on any atom is 0.263 e. The maximum absolute atomic E-state index is 12.1. The van der Waals surface area contributed by atoms with E-state index in [0.29, 0.717) is 22.2 Å². The Morgan fingerprint density at radius 3 is 2.83 bits per heavy atom. The smallest absolute Gasteiger partial charge is 0.263 e. The largest absolute Gasteiger partial charge is 0.484 e. The molecule has 3 aromatic rings. The summed E-state index contributed by atoms with van der Waals surface area (Å²) in [6.07, 6.45) is 0.751. The van der Waals surface area contributed by atoms with Gasteiger partial charge in [0, 0.05) is 12.1 Å². The molecule has 8 heteroatoms. The van der Waals surface area contributed by atoms with Gasteiger partial charge in [0.25, 0.3) is 5.91 Å². The van der Waals surface area contributed by atoms with Gasteiger partial charge in [-0.25, -0.2) is 4.68 Å². The zero-order valence-electron chi connectivity index (χ0n) is 12.8. The first-order valence-electron chi connectivity index (χ1n) is 7.16. The molecule has 0 fully saturated rings. The van der Waals surface area contributed by atoms with E-state index < -0.39 is 0 Å². The van der Waals surface area contributed by atoms with Crippen molar-refractivity contribution >= 4 is 34.4 Å². The van der Waals surface area contributed by atoms with E-state index in [1.54, 1.807) is 28.9 Å². The summed E-state index contributed by atoms with van der Waals surface area (Å²) in [7, 11) is 1.82. The summed E-state index contributed by atoms with van der Waals surface area (Å²) in [4.78, 5) is 12.1. The normalized spacial score (nSPS) is 10.9. The van der Waals surface area contributed by atoms with Crippen molar-refractivity contribution in [3.05, 3.63) is 35.0 Å². The number of H-pyrrole nitrogens is 1. The Hall–Kier alpha value is -2.54. The Labute approximate surface area is 137 Å². The van der Waals surface area contributed by atoms with Crippen LogP contribution in [0.25, 0.3) is 11.0 Å². The zero-order chi connectivity index (χ0) is 16.4. The second kappa shape index (κ2) is 6.29. The molecular formula is C15H16ClN5O2. The number of carbonyl (C=O) groups excluding carboxylic acids is 1. The number of ether oxygens (including phenoxy) is 1. The standard InChI is InChI=1S/C15H16ClN5O2/c1-3-11-13-14(18-19-15(13)21(2)20-11)17-12(22)8-23-10-6-4-9(16)5-7-10/h4-7H,3,8H2,1-2H3,(H2,17,18,19,22). The van der Waals surface area contributed by atoms with E-state index >= 15 is 0 Å². The molecule has 23 heavy (non-hydrogen) atoms. The number of rotatable bonds is 5. The summed E-state index contributed by atoms with van der Waals surface area (Å²) in [6.45, 7) is 1.90. The van der Waals surface area contributed by atoms with E-state index in [9.17, 15) is 4.79 Å². The lowest BCUT2D eigenvalue weighted by molar-refractivity contribution is -0.118. The van der Waals surface area contributed by atoms with Gasteiger partial charge in [-0.05, 0) is 30.7 Å². The topological polar surface area (TPSA) is 84.8 Å². The Morgan fingerprint density at radius 1 is 1.39 bits per heavy atom. The van der Waals surface area contributed by atoms with Gasteiger partial charge in [-0.1, -0.05) is 18.5 Å². The molecule has 2 N–H and O–H groups in total. The fourth-order valence-corrected chi connectivity index (χ4v) is 2.44. The monoisotopic (exact) mass is 333 g/mol. The minimum absolute atomic E-state index is 0.107. The molecule has 3 rings (SSSR count). The van der Waals surface area contributed by atoms with Crippen molar-refractivity contribution in [2.24, 2.45) is 7.05 Å². The third-order valence-electron chi connectivity index (χ3n) is 3.40. The number of hydrogen-bond acceptors (Lipinski definition) is 4. The number of benzene rings is 1. The van der Waals surface area contributed by atoms with Gasteiger partial charge in [0.2, 0.25) is 0 Å². The fraction of sp³-hybridized carbons (Fsp3) is 0.267. The Kier molecular flexibility index (Phi) is 4.20. The van der Waals surface area contributed by atoms with E-state index in [2.05, 4.69) is 20.6 Å². The summed E-state index contributed by atoms with van der Waals surface area (Å²) in [5, 5.41) is 15.6. The molecule has 0 bridgehead atoms. The number of carbonyl (C=O) groups is 1. The molecular weight excluding hydrogens is 318 g/mol. The van der Waals surface area contributed by atoms with Crippen molar-refractivity contribution in [3.63, 3.8) is 0 Å². The maximum atomic E-state index is 12.1. The van der Waals surface area contributed by atoms with Crippen molar-refractivity contribution in [1.29, 1.82) is 0 Å². The summed E-state index contributed by atoms with van der Waals surface area (Å²) < 4.78 is 7.10. The molecule has 0 aliphatic heterocycles. The van der Waals surface area contributed by atoms with Gasteiger partial charge < -0.3 is 10.1 Å². The molecule has 1 amide bonds. The quantitative estimate of drug-likeness (QED) is 0.751. The first-order valence-corrected chi connectivity index (χ1v) is 7.54. The van der Waals surface area contributed by atoms with Gasteiger partial charge >= 0.3 is 0 Å². The summed E-state index contributed by atoms with van der Waals surface area (Å²) >= 11 is 5.80. The highest BCUT2D eigenvalue weighted by molar-refractivity contribution is 6.30. The molecule has 0 saturated heterocycles. The molecule has 2 heterocycles. The molecule has 0 radical (unpaired) electrons. The Bertz CT molecular complexity index is 838. The Morgan fingerprint density at radius 2 is 2.13 bits per heavy atom. The first-order chi connectivity index (χ1) is 11.1. The number of aromatic amines is 1. The van der Waals surface area contributed by atoms with E-state index in [1.807, 2.05) is 14.0 Å². The Balaban J connectivity index is 1.69. The van der Waals surface area contributed by atoms with Crippen LogP contribution in [0.15, 0.2) is 24.3 Å². The van der Waals surface area contributed by atoms with Crippen LogP contribution in [0.5, 0.6) is 5.75 Å². The van der Waals surface area contributed by atoms with Gasteiger partial charge in [-0.2, -0.15) is 10.2 Å². The molecule has 2 aromatic heterocycles. The van der Waals surface area contributed by atoms with E-state index in [0.717, 1.165) is 17.5 Å². The van der Waals surface area contributed by atoms with Crippen LogP contribution in [-0.2, 0) is 18.3 Å². The number of fused-ring (bicyclic) bond motifs is 1. The highest BCUT2D eigenvalue weighted by atomic mass is 35.5. The number of halogens is 1. The van der Waals surface area contributed by atoms with Crippen LogP contribution in [0, 0.1) is 0 Å². The van der Waals surface area contributed by atoms with Crippen LogP contribution < -0.4 is 10.1 Å². The highest BCUT2D eigenvalue weighted by Crippen LogP contribution is 2.24. The van der Waals surface area contributed by atoms with Crippen molar-refractivity contribution in [2.75, 3.05) is 11.9 Å². The molecule has 0 aliphatic rings. The first kappa shape index (κ1) is 15.4. The predicted octanol–water partition coefficient (Wildman–Crippen LogP) is 2.53. The third-order valence-corrected chi connectivity index (χ3v) is 3.65. The van der Waals surface area contributed by atoms with Crippen LogP contribution in [0.2, 0.25) is 5.02 Å². The minimum atomic E-state index is -0.281. The fourth-order valence-electron chi connectivity index (χ4n) is 2.31. The van der Waals surface area contributed by atoms with Crippen molar-refractivity contribution in [3.8, 4) is 5.75 Å². The summed E-state index contributed by atoms with van der Waals surface area (Å²) in [6, 6.07) is 6.83. The van der Waals surface area contributed by atoms with Crippen molar-refractivity contribution in [2.45, 2.75) is 13.3 Å². The summed E-state index contributed by atoms with van der Waals surface area (Å²) in [5.41, 5.74) is 1.58. The SMILES string of the molecule is CCc1nn(C)c2n[nH]c(NC(=O)COc3ccc(Cl)cc3)c12. The molecule has 0 unspecified atom stereocenters. The second-order valence-electron chi connectivity index (χ2n) is 5.01. The van der Waals surface area contributed by atoms with Gasteiger partial charge in [0.1, 0.15) is 11.6 Å². The van der Waals surface area contributed by atoms with E-state index in [-0.39, 0.29) is 12.5 Å². The number of nitrogens with one attached hydrogen (secondary N) is 2. The number of hydrogen-bond donors (Lipinski definition) is 2. The molecule has 0 spiro atoms. The molecule has 0 atom stereocenters. The zero-order valence-corrected chi connectivity index (χ0v) is 13.5. The van der Waals surface area contributed by atoms with Crippen LogP contribution in [-0.4, -0.2) is 32.5 Å². The molecule has 120 valence electrons. The molecule has 0 saturated carbocycles. The third kappa shape index (κ3) is 3.14. The van der Waals surface area contributed by atoms with Crippen LogP contribution in [0.4, 0.5) is 5.82 Å². The number of anilines is 1. The van der Waals surface area contributed by atoms with Gasteiger partial charge in [0.15, 0.2) is 12.3 Å². The van der Waals surface area contributed by atoms with Gasteiger partial charge in [-0.15, -0.1) is 0 Å². The predicted molar refractivity (Wildman–Crippen MR) is 87.8 cm³/mol. The van der Waals surface area contributed by atoms with Crippen LogP contribution >= 0.6 is 11.6 Å². The number of amides is 1. The van der Waals surface area contributed by atoms with Crippen molar-refractivity contribution in [1.82, 2.24) is 20.0 Å². The van der Waals surface area contributed by atoms with E-state index in [1.165, 1.54) is 0 Å². The minimum Gasteiger partial charge on any atom is -0.484 e. The highest BCUT2D eigenvalue weighted by Gasteiger charge is 2.17. The molecule has 7 nitrogen and oxygen atoms in total. The number of nitrogens with zero attached hydrogens (tertiary/aromatic N) is 3. The van der Waals surface area contributed by atoms with E-state index in [4.69, 9.17) is 16.3 Å². The lowest BCUT2D eigenvalue weighted by atomic mass is 10.2. The molecule has 0 aliphatic carbocycles. The van der Waals surface area contributed by atoms with Gasteiger partial charge in [0.05, 0.1) is 11.1 Å². The van der Waals surface area contributed by atoms with Crippen LogP contribution in [0.1, 0.15) is 12.6 Å². The molecule has 1 aromatic carbocycles. The number of aryl methyl sites for hydroxylation is 2.